The minimum absolute atomic E-state index is 0.0529. The first-order chi connectivity index (χ1) is 10.2. The molecule has 3 atom stereocenters. The zero-order chi connectivity index (χ0) is 16.3. The predicted octanol–water partition coefficient (Wildman–Crippen LogP) is 2.38. The number of Topliss-reactive ketones (excluding diaryl/α,β-unsaturated/α-hetero) is 1. The Kier molecular flexibility index (Phi) is 3.38. The van der Waals surface area contributed by atoms with Gasteiger partial charge >= 0.3 is 0 Å². The van der Waals surface area contributed by atoms with E-state index in [1.807, 2.05) is 13.8 Å². The summed E-state index contributed by atoms with van der Waals surface area (Å²) >= 11 is 6.06. The lowest BCUT2D eigenvalue weighted by Gasteiger charge is -2.17. The lowest BCUT2D eigenvalue weighted by Crippen LogP contribution is -2.33. The molecule has 1 heterocycles. The smallest absolute Gasteiger partial charge is 0.259 e. The first-order valence-electron chi connectivity index (χ1n) is 6.92. The minimum atomic E-state index is -3.34. The second-order valence-electron chi connectivity index (χ2n) is 6.12. The first-order valence-corrected chi connectivity index (χ1v) is 9.19. The lowest BCUT2D eigenvalue weighted by atomic mass is 9.97. The number of carbonyl (C=O) groups is 1. The number of ketones is 1. The second-order valence-corrected chi connectivity index (χ2v) is 8.54. The Labute approximate surface area is 134 Å². The van der Waals surface area contributed by atoms with Crippen LogP contribution in [-0.2, 0) is 14.6 Å². The molecule has 118 valence electrons. The largest absolute Gasteiger partial charge is 0.435 e. The maximum atomic E-state index is 12.4. The van der Waals surface area contributed by atoms with E-state index in [4.69, 9.17) is 16.3 Å². The molecule has 1 aliphatic heterocycles. The molecule has 0 saturated heterocycles. The molecule has 0 amide bonds. The van der Waals surface area contributed by atoms with Crippen LogP contribution in [0.4, 0.5) is 0 Å². The number of rotatable bonds is 2. The van der Waals surface area contributed by atoms with Crippen LogP contribution < -0.4 is 4.74 Å². The number of hydrogen-bond acceptors (Lipinski definition) is 5. The summed E-state index contributed by atoms with van der Waals surface area (Å²) in [4.78, 5) is 16.8. The fourth-order valence-corrected chi connectivity index (χ4v) is 3.95. The average Bonchev–Trinajstić information content (AvgIpc) is 2.98. The highest BCUT2D eigenvalue weighted by Crippen LogP contribution is 2.60. The van der Waals surface area contributed by atoms with Gasteiger partial charge in [-0.3, -0.25) is 4.79 Å². The molecule has 5 nitrogen and oxygen atoms in total. The number of benzene rings is 1. The summed E-state index contributed by atoms with van der Waals surface area (Å²) in [6.07, 6.45) is 1.10. The summed E-state index contributed by atoms with van der Waals surface area (Å²) in [7, 11) is -3.34. The molecule has 1 fully saturated rings. The van der Waals surface area contributed by atoms with Crippen LogP contribution in [-0.4, -0.2) is 32.9 Å². The average molecular weight is 342 g/mol. The monoisotopic (exact) mass is 341 g/mol. The van der Waals surface area contributed by atoms with Gasteiger partial charge in [0.15, 0.2) is 9.84 Å². The molecule has 7 heteroatoms. The van der Waals surface area contributed by atoms with Gasteiger partial charge in [-0.25, -0.2) is 13.4 Å². The Bertz CT molecular complexity index is 802. The van der Waals surface area contributed by atoms with E-state index in [1.165, 1.54) is 18.2 Å². The normalized spacial score (nSPS) is 30.5. The van der Waals surface area contributed by atoms with Gasteiger partial charge in [-0.15, -0.1) is 0 Å². The fraction of sp³-hybridized carbons (Fsp3) is 0.467. The van der Waals surface area contributed by atoms with Gasteiger partial charge in [-0.1, -0.05) is 25.4 Å². The molecule has 0 aromatic heterocycles. The molecule has 1 aliphatic carbocycles. The van der Waals surface area contributed by atoms with Crippen LogP contribution >= 0.6 is 11.6 Å². The van der Waals surface area contributed by atoms with E-state index < -0.39 is 15.3 Å². The third-order valence-electron chi connectivity index (χ3n) is 4.86. The topological polar surface area (TPSA) is 72.8 Å². The number of halogens is 1. The maximum absolute atomic E-state index is 12.4. The van der Waals surface area contributed by atoms with Crippen molar-refractivity contribution < 1.29 is 17.9 Å². The Morgan fingerprint density at radius 1 is 1.41 bits per heavy atom. The molecular weight excluding hydrogens is 326 g/mol. The van der Waals surface area contributed by atoms with Crippen molar-refractivity contribution >= 4 is 33.1 Å². The highest BCUT2D eigenvalue weighted by Gasteiger charge is 2.66. The van der Waals surface area contributed by atoms with Gasteiger partial charge in [0.05, 0.1) is 9.92 Å². The Morgan fingerprint density at radius 3 is 2.68 bits per heavy atom. The zero-order valence-corrected chi connectivity index (χ0v) is 14.0. The quantitative estimate of drug-likeness (QED) is 0.827. The van der Waals surface area contributed by atoms with Crippen molar-refractivity contribution in [2.24, 2.45) is 22.2 Å². The molecule has 1 saturated carbocycles. The number of carbonyl (C=O) groups excluding carboxylic acids is 1. The Hall–Kier alpha value is -1.40. The predicted molar refractivity (Wildman–Crippen MR) is 83.3 cm³/mol. The number of aliphatic imine (C=N–C) groups is 1. The van der Waals surface area contributed by atoms with Crippen LogP contribution in [0.5, 0.6) is 5.75 Å². The fourth-order valence-electron chi connectivity index (χ4n) is 3.02. The highest BCUT2D eigenvalue weighted by molar-refractivity contribution is 7.90. The Balaban J connectivity index is 1.86. The molecule has 3 rings (SSSR count). The number of fused-ring (bicyclic) bond motifs is 1. The Morgan fingerprint density at radius 2 is 2.09 bits per heavy atom. The van der Waals surface area contributed by atoms with Crippen LogP contribution in [0.3, 0.4) is 0 Å². The first kappa shape index (κ1) is 15.5. The van der Waals surface area contributed by atoms with Crippen LogP contribution in [0.2, 0.25) is 5.02 Å². The summed E-state index contributed by atoms with van der Waals surface area (Å²) in [6.45, 7) is 4.53. The van der Waals surface area contributed by atoms with Crippen LogP contribution in [0, 0.1) is 17.3 Å². The second kappa shape index (κ2) is 4.80. The van der Waals surface area contributed by atoms with Crippen LogP contribution in [0.25, 0.3) is 0 Å². The van der Waals surface area contributed by atoms with E-state index in [0.717, 1.165) is 6.26 Å². The molecule has 1 aromatic rings. The van der Waals surface area contributed by atoms with Crippen molar-refractivity contribution in [1.29, 1.82) is 0 Å². The lowest BCUT2D eigenvalue weighted by molar-refractivity contribution is -0.119. The van der Waals surface area contributed by atoms with E-state index in [1.54, 1.807) is 0 Å². The molecule has 0 bridgehead atoms. The van der Waals surface area contributed by atoms with Gasteiger partial charge in [0.25, 0.3) is 5.90 Å². The minimum Gasteiger partial charge on any atom is -0.435 e. The van der Waals surface area contributed by atoms with Gasteiger partial charge in [-0.05, 0) is 30.0 Å². The van der Waals surface area contributed by atoms with E-state index >= 15 is 0 Å². The molecular formula is C15H16ClNO4S. The van der Waals surface area contributed by atoms with Gasteiger partial charge in [-0.2, -0.15) is 0 Å². The molecule has 1 aromatic carbocycles. The van der Waals surface area contributed by atoms with E-state index in [-0.39, 0.29) is 33.3 Å². The van der Waals surface area contributed by atoms with Crippen molar-refractivity contribution in [2.75, 3.05) is 12.8 Å². The molecule has 0 spiro atoms. The van der Waals surface area contributed by atoms with Crippen molar-refractivity contribution in [3.05, 3.63) is 23.2 Å². The summed E-state index contributed by atoms with van der Waals surface area (Å²) in [5, 5.41) is 0.134. The van der Waals surface area contributed by atoms with E-state index in [0.29, 0.717) is 12.5 Å². The summed E-state index contributed by atoms with van der Waals surface area (Å²) in [5.74, 6) is 0.761. The maximum Gasteiger partial charge on any atom is 0.259 e. The van der Waals surface area contributed by atoms with Crippen molar-refractivity contribution in [3.63, 3.8) is 0 Å². The van der Waals surface area contributed by atoms with Crippen LogP contribution in [0.1, 0.15) is 13.8 Å². The van der Waals surface area contributed by atoms with Gasteiger partial charge < -0.3 is 4.74 Å². The highest BCUT2D eigenvalue weighted by atomic mass is 35.5. The van der Waals surface area contributed by atoms with E-state index in [9.17, 15) is 13.2 Å². The SMILES string of the molecule is CC1C2CN=C(Oc3ccc(S(C)(=O)=O)cc3Cl)C(=O)C12C. The molecule has 0 radical (unpaired) electrons. The number of sulfone groups is 1. The third-order valence-corrected chi connectivity index (χ3v) is 6.27. The zero-order valence-electron chi connectivity index (χ0n) is 12.5. The number of hydrogen-bond donors (Lipinski definition) is 0. The third kappa shape index (κ3) is 2.25. The molecule has 3 unspecified atom stereocenters. The standard InChI is InChI=1S/C15H16ClNO4S/c1-8-10-7-17-14(13(18)15(8,10)2)21-12-5-4-9(6-11(12)16)22(3,19)20/h4-6,8,10H,7H2,1-3H3. The summed E-state index contributed by atoms with van der Waals surface area (Å²) < 4.78 is 28.5. The molecule has 2 aliphatic rings. The van der Waals surface area contributed by atoms with Crippen LogP contribution in [0.15, 0.2) is 28.1 Å². The summed E-state index contributed by atoms with van der Waals surface area (Å²) in [5.41, 5.74) is -0.393. The number of ether oxygens (including phenoxy) is 1. The van der Waals surface area contributed by atoms with Gasteiger partial charge in [0.1, 0.15) is 5.75 Å². The van der Waals surface area contributed by atoms with Crippen molar-refractivity contribution in [2.45, 2.75) is 18.7 Å². The van der Waals surface area contributed by atoms with Crippen molar-refractivity contribution in [3.8, 4) is 5.75 Å². The molecule has 0 N–H and O–H groups in total. The molecule has 22 heavy (non-hydrogen) atoms. The number of nitrogens with zero attached hydrogens (tertiary/aromatic N) is 1. The van der Waals surface area contributed by atoms with Gasteiger partial charge in [0, 0.05) is 18.2 Å². The summed E-state index contributed by atoms with van der Waals surface area (Å²) in [6, 6.07) is 4.15. The van der Waals surface area contributed by atoms with E-state index in [2.05, 4.69) is 4.99 Å². The van der Waals surface area contributed by atoms with Gasteiger partial charge in [0.2, 0.25) is 5.78 Å². The van der Waals surface area contributed by atoms with Crippen molar-refractivity contribution in [1.82, 2.24) is 0 Å².